The van der Waals surface area contributed by atoms with Crippen molar-refractivity contribution < 1.29 is 9.18 Å². The quantitative estimate of drug-likeness (QED) is 0.896. The van der Waals surface area contributed by atoms with Crippen LogP contribution in [0, 0.1) is 11.7 Å². The first kappa shape index (κ1) is 16.4. The van der Waals surface area contributed by atoms with E-state index >= 15 is 0 Å². The van der Waals surface area contributed by atoms with Gasteiger partial charge < -0.3 is 10.6 Å². The largest absolute Gasteiger partial charge is 0.336 e. The maximum absolute atomic E-state index is 14.0. The Balaban J connectivity index is 2.25. The summed E-state index contributed by atoms with van der Waals surface area (Å²) in [6.07, 6.45) is 4.28. The van der Waals surface area contributed by atoms with E-state index < -0.39 is 5.82 Å². The summed E-state index contributed by atoms with van der Waals surface area (Å²) in [5.41, 5.74) is 6.00. The van der Waals surface area contributed by atoms with Crippen LogP contribution in [0.3, 0.4) is 0 Å². The highest BCUT2D eigenvalue weighted by molar-refractivity contribution is 9.10. The second-order valence-electron chi connectivity index (χ2n) is 5.56. The predicted octanol–water partition coefficient (Wildman–Crippen LogP) is 3.57. The summed E-state index contributed by atoms with van der Waals surface area (Å²) in [5, 5.41) is 0. The molecule has 2 unspecified atom stereocenters. The Kier molecular flexibility index (Phi) is 5.76. The molecule has 0 radical (unpaired) electrons. The summed E-state index contributed by atoms with van der Waals surface area (Å²) in [5.74, 6) is -0.387. The van der Waals surface area contributed by atoms with Gasteiger partial charge in [-0.1, -0.05) is 28.8 Å². The summed E-state index contributed by atoms with van der Waals surface area (Å²) in [7, 11) is 0. The van der Waals surface area contributed by atoms with Crippen LogP contribution in [-0.4, -0.2) is 29.9 Å². The normalized spacial score (nSPS) is 22.1. The van der Waals surface area contributed by atoms with E-state index in [-0.39, 0.29) is 17.5 Å². The number of carbonyl (C=O) groups excluding carboxylic acids is 1. The van der Waals surface area contributed by atoms with Gasteiger partial charge in [-0.05, 0) is 50.4 Å². The number of hydrogen-bond acceptors (Lipinski definition) is 2. The first-order chi connectivity index (χ1) is 10.1. The lowest BCUT2D eigenvalue weighted by molar-refractivity contribution is 0.0555. The number of nitrogens with two attached hydrogens (primary N) is 1. The van der Waals surface area contributed by atoms with E-state index in [0.29, 0.717) is 23.5 Å². The molecule has 1 aromatic rings. The predicted molar refractivity (Wildman–Crippen MR) is 85.6 cm³/mol. The van der Waals surface area contributed by atoms with Crippen LogP contribution in [0.1, 0.15) is 43.0 Å². The van der Waals surface area contributed by atoms with Gasteiger partial charge in [-0.3, -0.25) is 4.79 Å². The fraction of sp³-hybridized carbons (Fsp3) is 0.562. The second kappa shape index (κ2) is 7.36. The van der Waals surface area contributed by atoms with Crippen molar-refractivity contribution in [2.24, 2.45) is 11.7 Å². The van der Waals surface area contributed by atoms with Crippen molar-refractivity contribution in [3.63, 3.8) is 0 Å². The summed E-state index contributed by atoms with van der Waals surface area (Å²) in [6, 6.07) is 4.71. The van der Waals surface area contributed by atoms with E-state index in [0.717, 1.165) is 25.7 Å². The molecule has 116 valence electrons. The Morgan fingerprint density at radius 3 is 2.76 bits per heavy atom. The lowest BCUT2D eigenvalue weighted by Crippen LogP contribution is -2.48. The fourth-order valence-corrected chi connectivity index (χ4v) is 3.55. The van der Waals surface area contributed by atoms with Crippen molar-refractivity contribution in [2.75, 3.05) is 13.1 Å². The number of amides is 1. The number of rotatable bonds is 4. The Bertz CT molecular complexity index is 509. The highest BCUT2D eigenvalue weighted by Crippen LogP contribution is 2.29. The molecule has 1 aliphatic carbocycles. The molecule has 1 aliphatic rings. The number of nitrogens with zero attached hydrogens (tertiary/aromatic N) is 1. The first-order valence-electron chi connectivity index (χ1n) is 7.54. The lowest BCUT2D eigenvalue weighted by atomic mass is 9.83. The third kappa shape index (κ3) is 3.64. The zero-order valence-corrected chi connectivity index (χ0v) is 13.9. The standard InChI is InChI=1S/C16H22BrFN2O/c1-2-20(15-6-4-3-5-11(15)10-19)16(21)13-8-7-12(17)9-14(13)18/h7-9,11,15H,2-6,10,19H2,1H3. The monoisotopic (exact) mass is 356 g/mol. The highest BCUT2D eigenvalue weighted by atomic mass is 79.9. The van der Waals surface area contributed by atoms with Gasteiger partial charge in [0.1, 0.15) is 5.82 Å². The van der Waals surface area contributed by atoms with Gasteiger partial charge in [0.25, 0.3) is 5.91 Å². The molecule has 0 saturated heterocycles. The topological polar surface area (TPSA) is 46.3 Å². The van der Waals surface area contributed by atoms with Gasteiger partial charge in [0.05, 0.1) is 5.56 Å². The molecule has 5 heteroatoms. The molecule has 21 heavy (non-hydrogen) atoms. The third-order valence-electron chi connectivity index (χ3n) is 4.34. The van der Waals surface area contributed by atoms with Gasteiger partial charge >= 0.3 is 0 Å². The van der Waals surface area contributed by atoms with Gasteiger partial charge in [-0.15, -0.1) is 0 Å². The summed E-state index contributed by atoms with van der Waals surface area (Å²) in [4.78, 5) is 14.5. The SMILES string of the molecule is CCN(C(=O)c1ccc(Br)cc1F)C1CCCCC1CN. The van der Waals surface area contributed by atoms with Crippen LogP contribution in [0.15, 0.2) is 22.7 Å². The van der Waals surface area contributed by atoms with Gasteiger partial charge in [0.15, 0.2) is 0 Å². The molecule has 3 nitrogen and oxygen atoms in total. The number of halogens is 2. The molecule has 0 aliphatic heterocycles. The van der Waals surface area contributed by atoms with Crippen molar-refractivity contribution in [3.8, 4) is 0 Å². The van der Waals surface area contributed by atoms with Gasteiger partial charge in [0.2, 0.25) is 0 Å². The third-order valence-corrected chi connectivity index (χ3v) is 4.83. The average molecular weight is 357 g/mol. The molecular formula is C16H22BrFN2O. The Morgan fingerprint density at radius 1 is 1.43 bits per heavy atom. The van der Waals surface area contributed by atoms with Gasteiger partial charge in [-0.2, -0.15) is 0 Å². The molecule has 0 heterocycles. The van der Waals surface area contributed by atoms with Crippen molar-refractivity contribution >= 4 is 21.8 Å². The fourth-order valence-electron chi connectivity index (χ4n) is 3.22. The van der Waals surface area contributed by atoms with Crippen LogP contribution in [0.25, 0.3) is 0 Å². The molecular weight excluding hydrogens is 335 g/mol. The molecule has 1 fully saturated rings. The van der Waals surface area contributed by atoms with E-state index in [1.807, 2.05) is 6.92 Å². The van der Waals surface area contributed by atoms with Crippen molar-refractivity contribution in [1.29, 1.82) is 0 Å². The maximum atomic E-state index is 14.0. The van der Waals surface area contributed by atoms with E-state index in [4.69, 9.17) is 5.73 Å². The minimum atomic E-state index is -0.479. The molecule has 2 N–H and O–H groups in total. The minimum absolute atomic E-state index is 0.129. The zero-order valence-electron chi connectivity index (χ0n) is 12.3. The molecule has 0 bridgehead atoms. The molecule has 1 aromatic carbocycles. The van der Waals surface area contributed by atoms with Crippen LogP contribution in [0.5, 0.6) is 0 Å². The molecule has 0 spiro atoms. The van der Waals surface area contributed by atoms with E-state index in [1.165, 1.54) is 6.07 Å². The first-order valence-corrected chi connectivity index (χ1v) is 8.33. The Hall–Kier alpha value is -0.940. The van der Waals surface area contributed by atoms with Crippen LogP contribution < -0.4 is 5.73 Å². The Labute approximate surface area is 133 Å². The zero-order chi connectivity index (χ0) is 15.4. The summed E-state index contributed by atoms with van der Waals surface area (Å²) in [6.45, 7) is 3.10. The molecule has 1 amide bonds. The number of carbonyl (C=O) groups is 1. The molecule has 2 atom stereocenters. The van der Waals surface area contributed by atoms with Gasteiger partial charge in [-0.25, -0.2) is 4.39 Å². The van der Waals surface area contributed by atoms with Crippen molar-refractivity contribution in [3.05, 3.63) is 34.1 Å². The van der Waals surface area contributed by atoms with Crippen LogP contribution in [-0.2, 0) is 0 Å². The maximum Gasteiger partial charge on any atom is 0.257 e. The van der Waals surface area contributed by atoms with E-state index in [2.05, 4.69) is 15.9 Å². The molecule has 1 saturated carbocycles. The van der Waals surface area contributed by atoms with E-state index in [9.17, 15) is 9.18 Å². The Morgan fingerprint density at radius 2 is 2.14 bits per heavy atom. The summed E-state index contributed by atoms with van der Waals surface area (Å²) >= 11 is 3.22. The van der Waals surface area contributed by atoms with Crippen molar-refractivity contribution in [2.45, 2.75) is 38.6 Å². The number of benzene rings is 1. The lowest BCUT2D eigenvalue weighted by Gasteiger charge is -2.39. The van der Waals surface area contributed by atoms with Crippen LogP contribution >= 0.6 is 15.9 Å². The average Bonchev–Trinajstić information content (AvgIpc) is 2.48. The molecule has 0 aromatic heterocycles. The second-order valence-corrected chi connectivity index (χ2v) is 6.48. The minimum Gasteiger partial charge on any atom is -0.336 e. The van der Waals surface area contributed by atoms with Crippen LogP contribution in [0.4, 0.5) is 4.39 Å². The van der Waals surface area contributed by atoms with Crippen LogP contribution in [0.2, 0.25) is 0 Å². The highest BCUT2D eigenvalue weighted by Gasteiger charge is 2.32. The number of hydrogen-bond donors (Lipinski definition) is 1. The van der Waals surface area contributed by atoms with Crippen molar-refractivity contribution in [1.82, 2.24) is 4.90 Å². The van der Waals surface area contributed by atoms with E-state index in [1.54, 1.807) is 17.0 Å². The molecule has 2 rings (SSSR count). The van der Waals surface area contributed by atoms with Gasteiger partial charge in [0, 0.05) is 17.1 Å². The summed E-state index contributed by atoms with van der Waals surface area (Å²) < 4.78 is 14.7. The smallest absolute Gasteiger partial charge is 0.257 e.